The summed E-state index contributed by atoms with van der Waals surface area (Å²) < 4.78 is 0. The molecule has 1 aliphatic carbocycles. The van der Waals surface area contributed by atoms with Gasteiger partial charge in [0, 0.05) is 65.3 Å². The third kappa shape index (κ3) is 30.7. The summed E-state index contributed by atoms with van der Waals surface area (Å²) in [6.45, 7) is 6.93. The van der Waals surface area contributed by atoms with E-state index in [0.717, 1.165) is 32.4 Å². The molecule has 0 saturated carbocycles. The summed E-state index contributed by atoms with van der Waals surface area (Å²) in [5.41, 5.74) is 0. The molecule has 0 aliphatic heterocycles. The number of benzene rings is 2. The Labute approximate surface area is 415 Å². The van der Waals surface area contributed by atoms with Crippen molar-refractivity contribution in [3.63, 3.8) is 0 Å². The minimum Gasteiger partial charge on any atom is -0.356 e. The highest BCUT2D eigenvalue weighted by Gasteiger charge is 2.26. The third-order valence-corrected chi connectivity index (χ3v) is 14.7. The smallest absolute Gasteiger partial charge is 0.246 e. The van der Waals surface area contributed by atoms with Gasteiger partial charge in [0.25, 0.3) is 0 Å². The molecule has 6 N–H and O–H groups in total. The molecule has 0 atom stereocenters. The van der Waals surface area contributed by atoms with Crippen molar-refractivity contribution in [1.29, 1.82) is 0 Å². The van der Waals surface area contributed by atoms with E-state index in [1.54, 1.807) is 0 Å². The first-order valence-electron chi connectivity index (χ1n) is 26.1. The Hall–Kier alpha value is -4.46. The SMILES string of the molecule is C1=CC([PH+](c2ccccc2)c2ccccc2)=CCC1.CCCCCCCCCCCNCCCCCN(O)C(=O)CCC(=O)NCCCCCN(O)C(=O)CCC(=O)NCCCCCN(O)C(C)=O. The molecule has 2 aromatic rings. The normalized spacial score (nSPS) is 11.9. The van der Waals surface area contributed by atoms with Crippen LogP contribution in [0.1, 0.15) is 168 Å². The molecule has 0 bridgehead atoms. The maximum Gasteiger partial charge on any atom is 0.246 e. The van der Waals surface area contributed by atoms with Crippen molar-refractivity contribution in [2.75, 3.05) is 45.8 Å². The van der Waals surface area contributed by atoms with Gasteiger partial charge in [0.15, 0.2) is 0 Å². The highest BCUT2D eigenvalue weighted by atomic mass is 31.1. The summed E-state index contributed by atoms with van der Waals surface area (Å²) >= 11 is 0. The number of nitrogens with one attached hydrogen (secondary N) is 3. The molecule has 0 spiro atoms. The zero-order chi connectivity index (χ0) is 50.2. The van der Waals surface area contributed by atoms with Gasteiger partial charge in [-0.05, 0) is 120 Å². The number of unbranched alkanes of at least 4 members (excludes halogenated alkanes) is 14. The quantitative estimate of drug-likeness (QED) is 0.0166. The molecule has 0 unspecified atom stereocenters. The minimum atomic E-state index is -0.826. The minimum absolute atomic E-state index is 0.00521. The number of rotatable bonds is 37. The molecule has 15 heteroatoms. The Morgan fingerprint density at radius 2 is 0.913 bits per heavy atom. The Morgan fingerprint density at radius 1 is 0.507 bits per heavy atom. The van der Waals surface area contributed by atoms with Gasteiger partial charge in [0.2, 0.25) is 29.5 Å². The van der Waals surface area contributed by atoms with Gasteiger partial charge in [-0.3, -0.25) is 39.6 Å². The van der Waals surface area contributed by atoms with Gasteiger partial charge in [-0.2, -0.15) is 0 Å². The van der Waals surface area contributed by atoms with Crippen molar-refractivity contribution in [3.8, 4) is 0 Å². The van der Waals surface area contributed by atoms with Crippen LogP contribution in [-0.4, -0.2) is 106 Å². The molecular weight excluding hydrogens is 892 g/mol. The number of hydrogen-bond donors (Lipinski definition) is 6. The molecule has 3 rings (SSSR count). The van der Waals surface area contributed by atoms with Crippen molar-refractivity contribution in [3.05, 3.63) is 84.2 Å². The molecule has 5 amide bonds. The zero-order valence-electron chi connectivity index (χ0n) is 42.2. The van der Waals surface area contributed by atoms with E-state index in [4.69, 9.17) is 0 Å². The van der Waals surface area contributed by atoms with Crippen molar-refractivity contribution in [2.45, 2.75) is 168 Å². The predicted molar refractivity (Wildman–Crippen MR) is 279 cm³/mol. The highest BCUT2D eigenvalue weighted by Crippen LogP contribution is 2.44. The summed E-state index contributed by atoms with van der Waals surface area (Å²) in [4.78, 5) is 59.1. The first kappa shape index (κ1) is 60.7. The summed E-state index contributed by atoms with van der Waals surface area (Å²) in [7, 11) is -0.826. The van der Waals surface area contributed by atoms with Gasteiger partial charge >= 0.3 is 0 Å². The first-order valence-corrected chi connectivity index (χ1v) is 27.6. The Kier molecular flexibility index (Phi) is 35.4. The van der Waals surface area contributed by atoms with Crippen LogP contribution in [0.15, 0.2) is 84.2 Å². The second-order valence-corrected chi connectivity index (χ2v) is 20.4. The van der Waals surface area contributed by atoms with Crippen LogP contribution in [0.5, 0.6) is 0 Å². The van der Waals surface area contributed by atoms with E-state index < -0.39 is 25.6 Å². The van der Waals surface area contributed by atoms with Crippen molar-refractivity contribution >= 4 is 48.1 Å². The lowest BCUT2D eigenvalue weighted by atomic mass is 10.1. The van der Waals surface area contributed by atoms with Gasteiger partial charge in [0.1, 0.15) is 10.6 Å². The standard InChI is InChI=1S/C36H70N6O8.C18H17P/c1-3-4-5-6-7-8-9-10-14-25-37-26-15-11-19-30-41(49)35(46)23-21-34(45)39-28-17-13-20-31-42(50)36(47)24-22-33(44)38-27-16-12-18-29-40(48)32(2)43;1-4-10-16(11-5-1)19(17-12-6-2-7-13-17)18-14-8-3-9-15-18/h37,48-50H,3-31H2,1-2H3,(H,38,44)(H,39,45);1-2,4-8,10-15H,3,9H2/p+1. The fraction of sp³-hybridized carbons (Fsp3) is 0.611. The van der Waals surface area contributed by atoms with Crippen LogP contribution in [0.4, 0.5) is 0 Å². The van der Waals surface area contributed by atoms with Crippen molar-refractivity contribution < 1.29 is 39.6 Å². The monoisotopic (exact) mass is 980 g/mol. The van der Waals surface area contributed by atoms with Gasteiger partial charge in [-0.1, -0.05) is 107 Å². The summed E-state index contributed by atoms with van der Waals surface area (Å²) in [5.74, 6) is -1.99. The average Bonchev–Trinajstić information content (AvgIpc) is 3.36. The Balaban J connectivity index is 0.000000700. The van der Waals surface area contributed by atoms with Crippen LogP contribution in [0.3, 0.4) is 0 Å². The van der Waals surface area contributed by atoms with E-state index in [0.29, 0.717) is 66.8 Å². The number of amides is 5. The van der Waals surface area contributed by atoms with Crippen molar-refractivity contribution in [2.24, 2.45) is 0 Å². The van der Waals surface area contributed by atoms with Crippen LogP contribution >= 0.6 is 7.92 Å². The van der Waals surface area contributed by atoms with Crippen LogP contribution in [0.2, 0.25) is 0 Å². The molecule has 0 radical (unpaired) electrons. The number of hydrogen-bond acceptors (Lipinski definition) is 9. The van der Waals surface area contributed by atoms with E-state index in [-0.39, 0.29) is 57.1 Å². The lowest BCUT2D eigenvalue weighted by Gasteiger charge is -2.15. The molecule has 69 heavy (non-hydrogen) atoms. The highest BCUT2D eigenvalue weighted by molar-refractivity contribution is 7.77. The molecule has 14 nitrogen and oxygen atoms in total. The molecule has 0 heterocycles. The van der Waals surface area contributed by atoms with E-state index in [9.17, 15) is 39.6 Å². The number of hydroxylamine groups is 6. The largest absolute Gasteiger partial charge is 0.356 e. The fourth-order valence-electron chi connectivity index (χ4n) is 7.75. The van der Waals surface area contributed by atoms with Crippen LogP contribution in [-0.2, 0) is 24.0 Å². The summed E-state index contributed by atoms with van der Waals surface area (Å²) in [5, 5.41) is 44.6. The lowest BCUT2D eigenvalue weighted by Crippen LogP contribution is -2.31. The number of nitrogens with zero attached hydrogens (tertiary/aromatic N) is 3. The molecular formula is C54H88N6O8P+. The van der Waals surface area contributed by atoms with Crippen LogP contribution < -0.4 is 26.6 Å². The van der Waals surface area contributed by atoms with Gasteiger partial charge in [-0.25, -0.2) is 15.2 Å². The number of allylic oxidation sites excluding steroid dienone is 4. The van der Waals surface area contributed by atoms with Crippen LogP contribution in [0.25, 0.3) is 0 Å². The molecule has 0 aromatic heterocycles. The Morgan fingerprint density at radius 3 is 1.33 bits per heavy atom. The van der Waals surface area contributed by atoms with Gasteiger partial charge < -0.3 is 16.0 Å². The molecule has 386 valence electrons. The maximum absolute atomic E-state index is 12.1. The summed E-state index contributed by atoms with van der Waals surface area (Å²) in [6.07, 6.45) is 27.5. The fourth-order valence-corrected chi connectivity index (χ4v) is 10.4. The molecule has 1 aliphatic rings. The van der Waals surface area contributed by atoms with E-state index in [1.807, 2.05) is 0 Å². The predicted octanol–water partition coefficient (Wildman–Crippen LogP) is 9.17. The maximum atomic E-state index is 12.1. The second-order valence-electron chi connectivity index (χ2n) is 17.9. The first-order chi connectivity index (χ1) is 33.5. The lowest BCUT2D eigenvalue weighted by molar-refractivity contribution is -0.166. The van der Waals surface area contributed by atoms with E-state index >= 15 is 0 Å². The number of carbonyl (C=O) groups is 5. The molecule has 2 aromatic carbocycles. The summed E-state index contributed by atoms with van der Waals surface area (Å²) in [6, 6.07) is 21.9. The third-order valence-electron chi connectivity index (χ3n) is 11.9. The Bertz CT molecular complexity index is 1710. The van der Waals surface area contributed by atoms with Crippen molar-refractivity contribution in [1.82, 2.24) is 31.1 Å². The topological polar surface area (TPSA) is 192 Å². The average molecular weight is 980 g/mol. The second kappa shape index (κ2) is 40.3. The zero-order valence-corrected chi connectivity index (χ0v) is 43.2. The van der Waals surface area contributed by atoms with Crippen LogP contribution in [0, 0.1) is 0 Å². The van der Waals surface area contributed by atoms with E-state index in [2.05, 4.69) is 102 Å². The van der Waals surface area contributed by atoms with Gasteiger partial charge in [-0.15, -0.1) is 0 Å². The van der Waals surface area contributed by atoms with Gasteiger partial charge in [0.05, 0.1) is 13.2 Å². The molecule has 0 fully saturated rings. The number of carbonyl (C=O) groups excluding carboxylic acids is 5. The molecule has 0 saturated heterocycles. The van der Waals surface area contributed by atoms with E-state index in [1.165, 1.54) is 93.5 Å².